The lowest BCUT2D eigenvalue weighted by atomic mass is 9.93. The Hall–Kier alpha value is -4.91. The van der Waals surface area contributed by atoms with Crippen LogP contribution in [0.1, 0.15) is 33.1 Å². The quantitative estimate of drug-likeness (QED) is 0.253. The molecule has 3 heterocycles. The molecule has 1 fully saturated rings. The molecule has 1 unspecified atom stereocenters. The van der Waals surface area contributed by atoms with Gasteiger partial charge in [-0.25, -0.2) is 4.39 Å². The average molecular weight is 573 g/mol. The van der Waals surface area contributed by atoms with Gasteiger partial charge in [-0.05, 0) is 54.4 Å². The second kappa shape index (κ2) is 10.7. The number of fused-ring (bicyclic) bond motifs is 2. The van der Waals surface area contributed by atoms with Gasteiger partial charge in [0.1, 0.15) is 12.4 Å². The summed E-state index contributed by atoms with van der Waals surface area (Å²) in [6.45, 7) is 4.44. The molecule has 2 amide bonds. The number of anilines is 1. The SMILES string of the molecule is Cc1ccc(-c2c(C3c4ccccc4C(=O)N3CC(=O)N3CCN(c4ccc(F)cc4)CC3)c3ccccc3n2C)cc1. The third-order valence-corrected chi connectivity index (χ3v) is 8.93. The highest BCUT2D eigenvalue weighted by Gasteiger charge is 2.42. The fraction of sp³-hybridized carbons (Fsp3) is 0.222. The summed E-state index contributed by atoms with van der Waals surface area (Å²) in [5.74, 6) is -0.455. The number of para-hydroxylation sites is 1. The Morgan fingerprint density at radius 2 is 1.51 bits per heavy atom. The van der Waals surface area contributed by atoms with Crippen molar-refractivity contribution < 1.29 is 14.0 Å². The highest BCUT2D eigenvalue weighted by atomic mass is 19.1. The van der Waals surface area contributed by atoms with Crippen molar-refractivity contribution in [2.45, 2.75) is 13.0 Å². The molecule has 2 aliphatic heterocycles. The van der Waals surface area contributed by atoms with Crippen molar-refractivity contribution in [1.82, 2.24) is 14.4 Å². The third kappa shape index (κ3) is 4.65. The molecule has 0 N–H and O–H groups in total. The topological polar surface area (TPSA) is 48.8 Å². The molecular weight excluding hydrogens is 539 g/mol. The van der Waals surface area contributed by atoms with Crippen LogP contribution in [0, 0.1) is 12.7 Å². The van der Waals surface area contributed by atoms with Crippen LogP contribution < -0.4 is 4.90 Å². The van der Waals surface area contributed by atoms with Crippen molar-refractivity contribution in [3.8, 4) is 11.3 Å². The minimum Gasteiger partial charge on any atom is -0.368 e. The van der Waals surface area contributed by atoms with E-state index in [0.29, 0.717) is 31.7 Å². The van der Waals surface area contributed by atoms with Gasteiger partial charge >= 0.3 is 0 Å². The van der Waals surface area contributed by atoms with Crippen LogP contribution in [0.4, 0.5) is 10.1 Å². The van der Waals surface area contributed by atoms with Gasteiger partial charge in [0.2, 0.25) is 5.91 Å². The first-order valence-corrected chi connectivity index (χ1v) is 14.7. The van der Waals surface area contributed by atoms with E-state index in [1.165, 1.54) is 17.7 Å². The van der Waals surface area contributed by atoms with Crippen molar-refractivity contribution in [3.63, 3.8) is 0 Å². The van der Waals surface area contributed by atoms with Crippen molar-refractivity contribution in [3.05, 3.63) is 125 Å². The molecule has 1 aromatic heterocycles. The number of aromatic nitrogens is 1. The number of carbonyl (C=O) groups is 2. The molecule has 0 saturated carbocycles. The molecule has 5 aromatic rings. The zero-order valence-corrected chi connectivity index (χ0v) is 24.3. The number of carbonyl (C=O) groups excluding carboxylic acids is 2. The lowest BCUT2D eigenvalue weighted by Crippen LogP contribution is -2.51. The fourth-order valence-corrected chi connectivity index (χ4v) is 6.72. The molecule has 0 spiro atoms. The van der Waals surface area contributed by atoms with Gasteiger partial charge in [0.25, 0.3) is 5.91 Å². The molecule has 6 nitrogen and oxygen atoms in total. The zero-order chi connectivity index (χ0) is 29.7. The van der Waals surface area contributed by atoms with Gasteiger partial charge in [-0.2, -0.15) is 0 Å². The number of aryl methyl sites for hydroxylation is 2. The molecule has 0 bridgehead atoms. The van der Waals surface area contributed by atoms with Crippen LogP contribution in [0.3, 0.4) is 0 Å². The van der Waals surface area contributed by atoms with Gasteiger partial charge in [-0.15, -0.1) is 0 Å². The molecule has 1 atom stereocenters. The predicted molar refractivity (Wildman–Crippen MR) is 168 cm³/mol. The summed E-state index contributed by atoms with van der Waals surface area (Å²) in [7, 11) is 2.07. The second-order valence-corrected chi connectivity index (χ2v) is 11.5. The summed E-state index contributed by atoms with van der Waals surface area (Å²) in [6, 6.07) is 30.6. The summed E-state index contributed by atoms with van der Waals surface area (Å²) in [6.07, 6.45) is 0. The fourth-order valence-electron chi connectivity index (χ4n) is 6.72. The largest absolute Gasteiger partial charge is 0.368 e. The summed E-state index contributed by atoms with van der Waals surface area (Å²) in [5, 5.41) is 1.07. The molecular formula is C36H33FN4O2. The summed E-state index contributed by atoms with van der Waals surface area (Å²) in [5.41, 5.74) is 7.91. The molecule has 1 saturated heterocycles. The van der Waals surface area contributed by atoms with Crippen LogP contribution in [0.2, 0.25) is 0 Å². The lowest BCUT2D eigenvalue weighted by Gasteiger charge is -2.37. The third-order valence-electron chi connectivity index (χ3n) is 8.93. The van der Waals surface area contributed by atoms with Crippen molar-refractivity contribution in [2.75, 3.05) is 37.6 Å². The molecule has 43 heavy (non-hydrogen) atoms. The van der Waals surface area contributed by atoms with Gasteiger partial charge in [-0.1, -0.05) is 66.2 Å². The Kier molecular flexibility index (Phi) is 6.73. The number of amides is 2. The maximum absolute atomic E-state index is 14.0. The van der Waals surface area contributed by atoms with E-state index in [0.717, 1.165) is 39.0 Å². The summed E-state index contributed by atoms with van der Waals surface area (Å²) >= 11 is 0. The first-order chi connectivity index (χ1) is 20.9. The van der Waals surface area contributed by atoms with E-state index in [2.05, 4.69) is 59.8 Å². The lowest BCUT2D eigenvalue weighted by molar-refractivity contribution is -0.132. The maximum atomic E-state index is 14.0. The summed E-state index contributed by atoms with van der Waals surface area (Å²) < 4.78 is 15.6. The maximum Gasteiger partial charge on any atom is 0.255 e. The van der Waals surface area contributed by atoms with Gasteiger partial charge in [0, 0.05) is 60.9 Å². The molecule has 2 aliphatic rings. The zero-order valence-electron chi connectivity index (χ0n) is 24.3. The van der Waals surface area contributed by atoms with Crippen LogP contribution in [-0.2, 0) is 11.8 Å². The van der Waals surface area contributed by atoms with Gasteiger partial charge in [-0.3, -0.25) is 9.59 Å². The van der Waals surface area contributed by atoms with E-state index in [9.17, 15) is 14.0 Å². The first kappa shape index (κ1) is 27.0. The van der Waals surface area contributed by atoms with Gasteiger partial charge in [0.15, 0.2) is 0 Å². The van der Waals surface area contributed by atoms with E-state index >= 15 is 0 Å². The number of rotatable bonds is 5. The van der Waals surface area contributed by atoms with Crippen molar-refractivity contribution in [1.29, 1.82) is 0 Å². The smallest absolute Gasteiger partial charge is 0.255 e. The Morgan fingerprint density at radius 1 is 0.837 bits per heavy atom. The number of benzene rings is 4. The van der Waals surface area contributed by atoms with E-state index < -0.39 is 6.04 Å². The van der Waals surface area contributed by atoms with E-state index in [1.807, 2.05) is 41.3 Å². The van der Waals surface area contributed by atoms with Gasteiger partial charge < -0.3 is 19.3 Å². The normalized spacial score (nSPS) is 16.7. The second-order valence-electron chi connectivity index (χ2n) is 11.5. The van der Waals surface area contributed by atoms with Gasteiger partial charge in [0.05, 0.1) is 11.7 Å². The number of nitrogens with zero attached hydrogens (tertiary/aromatic N) is 4. The van der Waals surface area contributed by atoms with Crippen LogP contribution >= 0.6 is 0 Å². The molecule has 7 heteroatoms. The molecule has 0 aliphatic carbocycles. The highest BCUT2D eigenvalue weighted by molar-refractivity contribution is 6.04. The van der Waals surface area contributed by atoms with Crippen molar-refractivity contribution >= 4 is 28.4 Å². The Morgan fingerprint density at radius 3 is 2.26 bits per heavy atom. The minimum atomic E-state index is -0.407. The monoisotopic (exact) mass is 572 g/mol. The van der Waals surface area contributed by atoms with Crippen LogP contribution in [0.25, 0.3) is 22.2 Å². The van der Waals surface area contributed by atoms with Crippen LogP contribution in [0.15, 0.2) is 97.1 Å². The molecule has 216 valence electrons. The van der Waals surface area contributed by atoms with E-state index in [1.54, 1.807) is 17.0 Å². The Bertz CT molecular complexity index is 1840. The minimum absolute atomic E-state index is 0.00864. The number of piperazine rings is 1. The number of hydrogen-bond acceptors (Lipinski definition) is 3. The Labute approximate surface area is 250 Å². The molecule has 4 aromatic carbocycles. The highest BCUT2D eigenvalue weighted by Crippen LogP contribution is 2.46. The number of hydrogen-bond donors (Lipinski definition) is 0. The molecule has 7 rings (SSSR count). The Balaban J connectivity index is 1.25. The molecule has 0 radical (unpaired) electrons. The van der Waals surface area contributed by atoms with E-state index in [4.69, 9.17) is 0 Å². The standard InChI is InChI=1S/C36H33FN4O2/c1-24-11-13-25(14-12-24)34-33(30-9-5-6-10-31(30)38(34)2)35-28-7-3-4-8-29(28)36(43)41(35)23-32(42)40-21-19-39(20-22-40)27-17-15-26(37)16-18-27/h3-18,35H,19-23H2,1-2H3. The van der Waals surface area contributed by atoms with E-state index in [-0.39, 0.29) is 24.2 Å². The van der Waals surface area contributed by atoms with Crippen LogP contribution in [0.5, 0.6) is 0 Å². The summed E-state index contributed by atoms with van der Waals surface area (Å²) in [4.78, 5) is 33.6. The van der Waals surface area contributed by atoms with Crippen LogP contribution in [-0.4, -0.2) is 58.9 Å². The number of halogens is 1. The first-order valence-electron chi connectivity index (χ1n) is 14.7. The van der Waals surface area contributed by atoms with Crippen molar-refractivity contribution in [2.24, 2.45) is 7.05 Å². The average Bonchev–Trinajstić information content (AvgIpc) is 3.48. The predicted octanol–water partition coefficient (Wildman–Crippen LogP) is 6.19.